The minimum absolute atomic E-state index is 0.380. The normalized spacial score (nSPS) is 14.3. The Morgan fingerprint density at radius 3 is 2.67 bits per heavy atom. The first kappa shape index (κ1) is 25.9. The van der Waals surface area contributed by atoms with Gasteiger partial charge >= 0.3 is 0 Å². The summed E-state index contributed by atoms with van der Waals surface area (Å²) in [6, 6.07) is 11.0. The van der Waals surface area contributed by atoms with Gasteiger partial charge in [0, 0.05) is 45.6 Å². The van der Waals surface area contributed by atoms with Gasteiger partial charge in [-0.3, -0.25) is 9.67 Å². The van der Waals surface area contributed by atoms with E-state index in [1.165, 1.54) is 0 Å². The summed E-state index contributed by atoms with van der Waals surface area (Å²) < 4.78 is 16.3. The molecular formula is C28H32ClN7O2Si. The van der Waals surface area contributed by atoms with E-state index in [4.69, 9.17) is 26.1 Å². The highest BCUT2D eigenvalue weighted by Crippen LogP contribution is 2.36. The second-order valence-electron chi connectivity index (χ2n) is 11.2. The predicted molar refractivity (Wildman–Crippen MR) is 156 cm³/mol. The number of benzene rings is 2. The number of imidazole rings is 1. The smallest absolute Gasteiger partial charge is 0.148 e. The number of nitrogens with zero attached hydrogens (tertiary/aromatic N) is 6. The average Bonchev–Trinajstić information content (AvgIpc) is 3.46. The molecule has 11 heteroatoms. The van der Waals surface area contributed by atoms with Crippen LogP contribution in [0.4, 0.5) is 0 Å². The molecule has 1 aliphatic heterocycles. The van der Waals surface area contributed by atoms with Crippen molar-refractivity contribution < 1.29 is 9.47 Å². The molecule has 2 aromatic carbocycles. The number of ether oxygens (including phenoxy) is 2. The van der Waals surface area contributed by atoms with E-state index >= 15 is 0 Å². The van der Waals surface area contributed by atoms with Crippen molar-refractivity contribution in [3.05, 3.63) is 59.8 Å². The third-order valence-electron chi connectivity index (χ3n) is 7.00. The molecule has 1 N–H and O–H groups in total. The molecule has 0 atom stereocenters. The number of fused-ring (bicyclic) bond motifs is 2. The van der Waals surface area contributed by atoms with E-state index in [9.17, 15) is 0 Å². The number of hydrogen-bond donors (Lipinski definition) is 1. The van der Waals surface area contributed by atoms with Crippen LogP contribution in [0.2, 0.25) is 30.7 Å². The second kappa shape index (κ2) is 10.3. The Balaban J connectivity index is 1.25. The molecule has 0 amide bonds. The van der Waals surface area contributed by atoms with Crippen LogP contribution in [0.5, 0.6) is 11.5 Å². The van der Waals surface area contributed by atoms with Gasteiger partial charge in [-0.25, -0.2) is 9.97 Å². The molecule has 6 rings (SSSR count). The maximum absolute atomic E-state index is 6.82. The van der Waals surface area contributed by atoms with Crippen LogP contribution in [0.3, 0.4) is 0 Å². The fourth-order valence-corrected chi connectivity index (χ4v) is 5.48. The Labute approximate surface area is 233 Å². The lowest BCUT2D eigenvalue weighted by molar-refractivity contribution is 0.0885. The molecule has 39 heavy (non-hydrogen) atoms. The lowest BCUT2D eigenvalue weighted by Crippen LogP contribution is -2.43. The Kier molecular flexibility index (Phi) is 6.88. The van der Waals surface area contributed by atoms with Gasteiger partial charge < -0.3 is 19.4 Å². The number of aromatic nitrogens is 6. The van der Waals surface area contributed by atoms with Gasteiger partial charge in [0.25, 0.3) is 0 Å². The zero-order chi connectivity index (χ0) is 27.1. The number of halogens is 1. The summed E-state index contributed by atoms with van der Waals surface area (Å²) >= 11 is 6.82. The van der Waals surface area contributed by atoms with Gasteiger partial charge in [-0.1, -0.05) is 31.2 Å². The van der Waals surface area contributed by atoms with Crippen LogP contribution < -0.4 is 10.1 Å². The summed E-state index contributed by atoms with van der Waals surface area (Å²) in [5, 5.41) is 8.18. The van der Waals surface area contributed by atoms with Crippen molar-refractivity contribution in [1.29, 1.82) is 0 Å². The van der Waals surface area contributed by atoms with E-state index < -0.39 is 8.07 Å². The van der Waals surface area contributed by atoms with E-state index in [2.05, 4.69) is 44.6 Å². The number of nitrogens with one attached hydrogen (secondary N) is 1. The van der Waals surface area contributed by atoms with Crippen LogP contribution in [0.15, 0.2) is 48.9 Å². The summed E-state index contributed by atoms with van der Waals surface area (Å²) in [6.07, 6.45) is 5.57. The largest absolute Gasteiger partial charge is 0.456 e. The maximum atomic E-state index is 6.82. The quantitative estimate of drug-likeness (QED) is 0.173. The highest BCUT2D eigenvalue weighted by molar-refractivity contribution is 6.76. The number of rotatable bonds is 9. The Hall–Kier alpha value is -3.31. The zero-order valence-corrected chi connectivity index (χ0v) is 24.4. The van der Waals surface area contributed by atoms with Crippen LogP contribution in [-0.4, -0.2) is 57.1 Å². The highest BCUT2D eigenvalue weighted by atomic mass is 35.5. The summed E-state index contributed by atoms with van der Waals surface area (Å²) in [6.45, 7) is 12.1. The fraction of sp³-hybridized carbons (Fsp3) is 0.357. The van der Waals surface area contributed by atoms with Crippen molar-refractivity contribution in [2.24, 2.45) is 0 Å². The summed E-state index contributed by atoms with van der Waals surface area (Å²) in [5.41, 5.74) is 4.76. The van der Waals surface area contributed by atoms with Crippen molar-refractivity contribution in [3.63, 3.8) is 0 Å². The lowest BCUT2D eigenvalue weighted by atomic mass is 10.2. The molecule has 1 saturated heterocycles. The Morgan fingerprint density at radius 2 is 1.90 bits per heavy atom. The molecule has 0 aliphatic carbocycles. The average molecular weight is 562 g/mol. The van der Waals surface area contributed by atoms with E-state index in [0.717, 1.165) is 53.9 Å². The SMILES string of the molecule is Cc1nc2ccc(Oc3ccc4ncc(-c5cnn(C6CNC6)c5)nc4c3Cl)cc2n1COCC[Si](C)(C)C. The van der Waals surface area contributed by atoms with Gasteiger partial charge in [-0.2, -0.15) is 5.10 Å². The number of hydrogen-bond acceptors (Lipinski definition) is 7. The van der Waals surface area contributed by atoms with Gasteiger partial charge in [-0.15, -0.1) is 0 Å². The van der Waals surface area contributed by atoms with E-state index in [1.54, 1.807) is 6.20 Å². The third kappa shape index (κ3) is 5.42. The molecule has 202 valence electrons. The Bertz CT molecular complexity index is 1660. The molecule has 9 nitrogen and oxygen atoms in total. The zero-order valence-electron chi connectivity index (χ0n) is 22.6. The summed E-state index contributed by atoms with van der Waals surface area (Å²) in [5.74, 6) is 2.07. The fourth-order valence-electron chi connectivity index (χ4n) is 4.49. The van der Waals surface area contributed by atoms with E-state index in [-0.39, 0.29) is 0 Å². The number of aryl methyl sites for hydroxylation is 1. The predicted octanol–water partition coefficient (Wildman–Crippen LogP) is 6.05. The van der Waals surface area contributed by atoms with Crippen LogP contribution in [-0.2, 0) is 11.5 Å². The van der Waals surface area contributed by atoms with E-state index in [1.807, 2.05) is 54.3 Å². The minimum Gasteiger partial charge on any atom is -0.456 e. The minimum atomic E-state index is -1.15. The van der Waals surface area contributed by atoms with Crippen molar-refractivity contribution in [2.45, 2.75) is 45.4 Å². The first-order chi connectivity index (χ1) is 18.7. The Morgan fingerprint density at radius 1 is 1.08 bits per heavy atom. The molecule has 5 aromatic rings. The molecule has 0 bridgehead atoms. The molecule has 0 saturated carbocycles. The molecular weight excluding hydrogens is 530 g/mol. The van der Waals surface area contributed by atoms with Gasteiger partial charge in [-0.05, 0) is 37.2 Å². The molecule has 4 heterocycles. The molecule has 0 spiro atoms. The van der Waals surface area contributed by atoms with Crippen molar-refractivity contribution in [1.82, 2.24) is 34.6 Å². The van der Waals surface area contributed by atoms with Crippen LogP contribution >= 0.6 is 11.6 Å². The van der Waals surface area contributed by atoms with Crippen molar-refractivity contribution >= 4 is 41.7 Å². The lowest BCUT2D eigenvalue weighted by Gasteiger charge is -2.27. The van der Waals surface area contributed by atoms with Crippen molar-refractivity contribution in [2.75, 3.05) is 19.7 Å². The summed E-state index contributed by atoms with van der Waals surface area (Å²) in [4.78, 5) is 14.1. The molecule has 0 radical (unpaired) electrons. The van der Waals surface area contributed by atoms with E-state index in [0.29, 0.717) is 40.3 Å². The topological polar surface area (TPSA) is 91.9 Å². The van der Waals surface area contributed by atoms with Gasteiger partial charge in [0.2, 0.25) is 0 Å². The molecule has 1 aliphatic rings. The summed E-state index contributed by atoms with van der Waals surface area (Å²) in [7, 11) is -1.15. The van der Waals surface area contributed by atoms with Gasteiger partial charge in [0.15, 0.2) is 0 Å². The van der Waals surface area contributed by atoms with Crippen LogP contribution in [0, 0.1) is 6.92 Å². The van der Waals surface area contributed by atoms with Gasteiger partial charge in [0.05, 0.1) is 40.7 Å². The molecule has 1 fully saturated rings. The highest BCUT2D eigenvalue weighted by Gasteiger charge is 2.20. The third-order valence-corrected chi connectivity index (χ3v) is 9.07. The second-order valence-corrected chi connectivity index (χ2v) is 17.2. The van der Waals surface area contributed by atoms with Crippen molar-refractivity contribution in [3.8, 4) is 22.8 Å². The standard InChI is InChI=1S/C28H32ClN7O2Si/c1-18-33-22-6-5-21(11-25(22)35(18)17-37-9-10-39(2,3)4)38-26-8-7-23-28(27(26)29)34-24(15-31-23)19-12-32-36(16-19)20-13-30-14-20/h5-8,11-12,15-16,20,30H,9-10,13-14,17H2,1-4H3. The first-order valence-corrected chi connectivity index (χ1v) is 17.3. The maximum Gasteiger partial charge on any atom is 0.148 e. The molecule has 3 aromatic heterocycles. The first-order valence-electron chi connectivity index (χ1n) is 13.2. The monoisotopic (exact) mass is 561 g/mol. The van der Waals surface area contributed by atoms with Crippen LogP contribution in [0.1, 0.15) is 11.9 Å². The molecule has 0 unspecified atom stereocenters. The van der Waals surface area contributed by atoms with Crippen LogP contribution in [0.25, 0.3) is 33.3 Å². The van der Waals surface area contributed by atoms with Gasteiger partial charge in [0.1, 0.15) is 34.6 Å².